The molecule has 0 fully saturated rings. The van der Waals surface area contributed by atoms with Crippen molar-refractivity contribution in [3.8, 4) is 0 Å². The van der Waals surface area contributed by atoms with Gasteiger partial charge in [0.05, 0.1) is 17.2 Å². The molecule has 0 atom stereocenters. The Balaban J connectivity index is 2.82. The number of benzene rings is 1. The summed E-state index contributed by atoms with van der Waals surface area (Å²) in [4.78, 5) is 14.3. The molecule has 0 radical (unpaired) electrons. The number of ether oxygens (including phenoxy) is 2. The molecule has 1 aromatic rings. The van der Waals surface area contributed by atoms with Crippen LogP contribution in [-0.4, -0.2) is 51.3 Å². The Kier molecular flexibility index (Phi) is 8.14. The van der Waals surface area contributed by atoms with Crippen molar-refractivity contribution in [2.24, 2.45) is 0 Å². The molecule has 0 aliphatic heterocycles. The molecular formula is C14H19BrClNO3. The molecule has 0 saturated heterocycles. The van der Waals surface area contributed by atoms with Crippen LogP contribution in [0, 0.1) is 0 Å². The summed E-state index contributed by atoms with van der Waals surface area (Å²) in [6.07, 6.45) is 0.775. The van der Waals surface area contributed by atoms with Crippen LogP contribution < -0.4 is 0 Å². The van der Waals surface area contributed by atoms with Crippen molar-refractivity contribution in [2.75, 3.05) is 40.5 Å². The third kappa shape index (κ3) is 5.40. The minimum Gasteiger partial charge on any atom is -0.385 e. The first-order valence-electron chi connectivity index (χ1n) is 6.32. The van der Waals surface area contributed by atoms with Crippen molar-refractivity contribution in [2.45, 2.75) is 6.42 Å². The Labute approximate surface area is 133 Å². The first kappa shape index (κ1) is 17.4. The molecule has 0 heterocycles. The van der Waals surface area contributed by atoms with Crippen molar-refractivity contribution in [1.29, 1.82) is 0 Å². The lowest BCUT2D eigenvalue weighted by atomic mass is 10.2. The minimum atomic E-state index is -0.0931. The average Bonchev–Trinajstić information content (AvgIpc) is 2.44. The second kappa shape index (κ2) is 9.34. The maximum atomic E-state index is 12.5. The predicted octanol–water partition coefficient (Wildman–Crippen LogP) is 3.23. The molecule has 0 aliphatic carbocycles. The summed E-state index contributed by atoms with van der Waals surface area (Å²) in [5.74, 6) is -0.0931. The average molecular weight is 365 g/mol. The first-order chi connectivity index (χ1) is 9.60. The van der Waals surface area contributed by atoms with Gasteiger partial charge in [0.15, 0.2) is 0 Å². The van der Waals surface area contributed by atoms with Crippen LogP contribution in [0.2, 0.25) is 5.02 Å². The van der Waals surface area contributed by atoms with Crippen LogP contribution in [0.15, 0.2) is 22.7 Å². The summed E-state index contributed by atoms with van der Waals surface area (Å²) < 4.78 is 10.9. The third-order valence-corrected chi connectivity index (χ3v) is 3.61. The minimum absolute atomic E-state index is 0.0931. The molecule has 1 amide bonds. The lowest BCUT2D eigenvalue weighted by Crippen LogP contribution is -2.35. The van der Waals surface area contributed by atoms with Gasteiger partial charge in [-0.25, -0.2) is 0 Å². The molecule has 1 aromatic carbocycles. The van der Waals surface area contributed by atoms with Gasteiger partial charge in [-0.3, -0.25) is 4.79 Å². The van der Waals surface area contributed by atoms with E-state index in [1.165, 1.54) is 0 Å². The maximum absolute atomic E-state index is 12.5. The van der Waals surface area contributed by atoms with E-state index in [-0.39, 0.29) is 5.91 Å². The summed E-state index contributed by atoms with van der Waals surface area (Å²) in [6, 6.07) is 5.26. The molecule has 4 nitrogen and oxygen atoms in total. The highest BCUT2D eigenvalue weighted by molar-refractivity contribution is 9.10. The molecule has 0 bridgehead atoms. The standard InChI is InChI=1S/C14H19BrClNO3/c1-19-8-3-6-17(7-9-20-2)14(18)12-10-11(15)4-5-13(12)16/h4-5,10H,3,6-9H2,1-2H3. The van der Waals surface area contributed by atoms with Gasteiger partial charge in [0, 0.05) is 38.4 Å². The number of carbonyl (C=O) groups is 1. The number of halogens is 2. The Morgan fingerprint density at radius 3 is 2.60 bits per heavy atom. The number of amides is 1. The summed E-state index contributed by atoms with van der Waals surface area (Å²) in [5.41, 5.74) is 0.495. The molecule has 112 valence electrons. The SMILES string of the molecule is COCCCN(CCOC)C(=O)c1cc(Br)ccc1Cl. The van der Waals surface area contributed by atoms with Gasteiger partial charge in [-0.2, -0.15) is 0 Å². The largest absolute Gasteiger partial charge is 0.385 e. The van der Waals surface area contributed by atoms with Crippen molar-refractivity contribution < 1.29 is 14.3 Å². The molecule has 0 aliphatic rings. The second-order valence-electron chi connectivity index (χ2n) is 4.26. The third-order valence-electron chi connectivity index (χ3n) is 2.79. The molecule has 0 unspecified atom stereocenters. The van der Waals surface area contributed by atoms with Crippen LogP contribution in [-0.2, 0) is 9.47 Å². The fourth-order valence-electron chi connectivity index (χ4n) is 1.75. The van der Waals surface area contributed by atoms with Crippen LogP contribution in [0.1, 0.15) is 16.8 Å². The zero-order valence-electron chi connectivity index (χ0n) is 11.7. The number of hydrogen-bond donors (Lipinski definition) is 0. The van der Waals surface area contributed by atoms with E-state index in [2.05, 4.69) is 15.9 Å². The van der Waals surface area contributed by atoms with E-state index >= 15 is 0 Å². The highest BCUT2D eigenvalue weighted by Crippen LogP contribution is 2.22. The van der Waals surface area contributed by atoms with Gasteiger partial charge in [0.25, 0.3) is 5.91 Å². The predicted molar refractivity (Wildman–Crippen MR) is 83.4 cm³/mol. The number of nitrogens with zero attached hydrogens (tertiary/aromatic N) is 1. The quantitative estimate of drug-likeness (QED) is 0.665. The van der Waals surface area contributed by atoms with Gasteiger partial charge in [0.1, 0.15) is 0 Å². The highest BCUT2D eigenvalue weighted by atomic mass is 79.9. The van der Waals surface area contributed by atoms with E-state index < -0.39 is 0 Å². The topological polar surface area (TPSA) is 38.8 Å². The lowest BCUT2D eigenvalue weighted by Gasteiger charge is -2.23. The van der Waals surface area contributed by atoms with Crippen LogP contribution in [0.25, 0.3) is 0 Å². The van der Waals surface area contributed by atoms with E-state index in [1.807, 2.05) is 6.07 Å². The van der Waals surface area contributed by atoms with E-state index in [9.17, 15) is 4.79 Å². The summed E-state index contributed by atoms with van der Waals surface area (Å²) in [7, 11) is 3.26. The Bertz CT molecular complexity index is 442. The molecule has 1 rings (SSSR count). The van der Waals surface area contributed by atoms with Crippen molar-refractivity contribution in [3.05, 3.63) is 33.3 Å². The Hall–Kier alpha value is -0.620. The normalized spacial score (nSPS) is 10.6. The molecule has 0 N–H and O–H groups in total. The van der Waals surface area contributed by atoms with E-state index in [4.69, 9.17) is 21.1 Å². The van der Waals surface area contributed by atoms with Gasteiger partial charge in [-0.15, -0.1) is 0 Å². The van der Waals surface area contributed by atoms with E-state index in [0.717, 1.165) is 10.9 Å². The lowest BCUT2D eigenvalue weighted by molar-refractivity contribution is 0.0674. The summed E-state index contributed by atoms with van der Waals surface area (Å²) in [6.45, 7) is 2.24. The van der Waals surface area contributed by atoms with E-state index in [0.29, 0.717) is 36.9 Å². The van der Waals surface area contributed by atoms with E-state index in [1.54, 1.807) is 31.3 Å². The van der Waals surface area contributed by atoms with Gasteiger partial charge >= 0.3 is 0 Å². The van der Waals surface area contributed by atoms with Crippen molar-refractivity contribution in [3.63, 3.8) is 0 Å². The van der Waals surface area contributed by atoms with Gasteiger partial charge in [-0.1, -0.05) is 27.5 Å². The van der Waals surface area contributed by atoms with Crippen molar-refractivity contribution >= 4 is 33.4 Å². The second-order valence-corrected chi connectivity index (χ2v) is 5.58. The summed E-state index contributed by atoms with van der Waals surface area (Å²) in [5, 5.41) is 0.451. The zero-order valence-corrected chi connectivity index (χ0v) is 14.0. The van der Waals surface area contributed by atoms with Crippen LogP contribution in [0.5, 0.6) is 0 Å². The number of hydrogen-bond acceptors (Lipinski definition) is 3. The number of rotatable bonds is 8. The van der Waals surface area contributed by atoms with Crippen LogP contribution in [0.3, 0.4) is 0 Å². The molecule has 0 saturated carbocycles. The van der Waals surface area contributed by atoms with Gasteiger partial charge in [-0.05, 0) is 24.6 Å². The fraction of sp³-hybridized carbons (Fsp3) is 0.500. The molecule has 0 spiro atoms. The molecule has 0 aromatic heterocycles. The Morgan fingerprint density at radius 2 is 1.95 bits per heavy atom. The maximum Gasteiger partial charge on any atom is 0.255 e. The van der Waals surface area contributed by atoms with Crippen molar-refractivity contribution in [1.82, 2.24) is 4.90 Å². The Morgan fingerprint density at radius 1 is 1.25 bits per heavy atom. The van der Waals surface area contributed by atoms with Gasteiger partial charge < -0.3 is 14.4 Å². The molecule has 20 heavy (non-hydrogen) atoms. The highest BCUT2D eigenvalue weighted by Gasteiger charge is 2.18. The number of carbonyl (C=O) groups excluding carboxylic acids is 1. The molecular weight excluding hydrogens is 346 g/mol. The zero-order chi connectivity index (χ0) is 15.0. The van der Waals surface area contributed by atoms with Crippen LogP contribution >= 0.6 is 27.5 Å². The number of methoxy groups -OCH3 is 2. The van der Waals surface area contributed by atoms with Gasteiger partial charge in [0.2, 0.25) is 0 Å². The summed E-state index contributed by atoms with van der Waals surface area (Å²) >= 11 is 9.46. The molecule has 6 heteroatoms. The fourth-order valence-corrected chi connectivity index (χ4v) is 2.31. The first-order valence-corrected chi connectivity index (χ1v) is 7.49. The monoisotopic (exact) mass is 363 g/mol. The van der Waals surface area contributed by atoms with Crippen LogP contribution in [0.4, 0.5) is 0 Å². The smallest absolute Gasteiger partial charge is 0.255 e.